The number of hydrogen-bond donors (Lipinski definition) is 0. The van der Waals surface area contributed by atoms with Crippen LogP contribution in [0.3, 0.4) is 0 Å². The molecule has 1 heterocycles. The molecule has 0 radical (unpaired) electrons. The molecule has 0 bridgehead atoms. The average Bonchev–Trinajstić information content (AvgIpc) is 2.73. The van der Waals surface area contributed by atoms with Gasteiger partial charge in [-0.05, 0) is 25.0 Å². The van der Waals surface area contributed by atoms with E-state index >= 15 is 0 Å². The molecule has 1 saturated heterocycles. The number of carbonyl (C=O) groups is 1. The van der Waals surface area contributed by atoms with Gasteiger partial charge in [0.1, 0.15) is 0 Å². The van der Waals surface area contributed by atoms with E-state index in [4.69, 9.17) is 0 Å². The summed E-state index contributed by atoms with van der Waals surface area (Å²) in [7, 11) is -2.19. The van der Waals surface area contributed by atoms with E-state index in [2.05, 4.69) is 4.74 Å². The topological polar surface area (TPSA) is 66.9 Å². The first-order valence-electron chi connectivity index (χ1n) is 6.85. The summed E-state index contributed by atoms with van der Waals surface area (Å²) in [5.74, 6) is 0. The lowest BCUT2D eigenvalue weighted by atomic mass is 10.2. The molecule has 0 N–H and O–H groups in total. The molecule has 1 aromatic carbocycles. The minimum Gasteiger partial charge on any atom is -0.453 e. The van der Waals surface area contributed by atoms with E-state index in [1.165, 1.54) is 16.3 Å². The van der Waals surface area contributed by atoms with Crippen LogP contribution < -0.4 is 0 Å². The number of amides is 1. The average molecular weight is 312 g/mol. The van der Waals surface area contributed by atoms with Gasteiger partial charge in [0.05, 0.1) is 12.0 Å². The quantitative estimate of drug-likeness (QED) is 0.829. The van der Waals surface area contributed by atoms with E-state index < -0.39 is 16.1 Å². The van der Waals surface area contributed by atoms with Crippen molar-refractivity contribution in [1.82, 2.24) is 9.21 Å². The highest BCUT2D eigenvalue weighted by molar-refractivity contribution is 7.89. The van der Waals surface area contributed by atoms with E-state index in [-0.39, 0.29) is 6.54 Å². The van der Waals surface area contributed by atoms with Gasteiger partial charge < -0.3 is 9.64 Å². The van der Waals surface area contributed by atoms with Crippen molar-refractivity contribution in [3.63, 3.8) is 0 Å². The van der Waals surface area contributed by atoms with Crippen molar-refractivity contribution in [2.75, 3.05) is 33.3 Å². The van der Waals surface area contributed by atoms with Crippen LogP contribution in [0.5, 0.6) is 0 Å². The zero-order valence-electron chi connectivity index (χ0n) is 12.3. The number of benzene rings is 1. The van der Waals surface area contributed by atoms with E-state index in [1.807, 2.05) is 6.07 Å². The zero-order valence-corrected chi connectivity index (χ0v) is 13.1. The molecule has 1 aromatic rings. The molecule has 116 valence electrons. The standard InChI is InChI=1S/C14H20N2O4S/c1-12-6-3-4-7-13(12)21(18,19)16-9-5-8-15(10-11-16)14(17)20-2/h3-4,6-7H,5,8-11H2,1-2H3. The fourth-order valence-corrected chi connectivity index (χ4v) is 4.13. The summed E-state index contributed by atoms with van der Waals surface area (Å²) in [6.45, 7) is 3.33. The van der Waals surface area contributed by atoms with Gasteiger partial charge in [0.15, 0.2) is 0 Å². The Morgan fingerprint density at radius 1 is 1.14 bits per heavy atom. The van der Waals surface area contributed by atoms with Gasteiger partial charge in [0.25, 0.3) is 0 Å². The van der Waals surface area contributed by atoms with Gasteiger partial charge in [0.2, 0.25) is 10.0 Å². The van der Waals surface area contributed by atoms with Crippen LogP contribution in [0.15, 0.2) is 29.2 Å². The molecule has 1 fully saturated rings. The summed E-state index contributed by atoms with van der Waals surface area (Å²) in [5.41, 5.74) is 0.728. The summed E-state index contributed by atoms with van der Waals surface area (Å²) in [5, 5.41) is 0. The molecule has 0 spiro atoms. The maximum absolute atomic E-state index is 12.7. The highest BCUT2D eigenvalue weighted by Crippen LogP contribution is 2.21. The smallest absolute Gasteiger partial charge is 0.409 e. The lowest BCUT2D eigenvalue weighted by molar-refractivity contribution is 0.126. The van der Waals surface area contributed by atoms with Crippen LogP contribution in [-0.2, 0) is 14.8 Å². The minimum atomic E-state index is -3.52. The van der Waals surface area contributed by atoms with Gasteiger partial charge >= 0.3 is 6.09 Å². The van der Waals surface area contributed by atoms with Crippen molar-refractivity contribution in [3.05, 3.63) is 29.8 Å². The Labute approximate surface area is 125 Å². The second-order valence-electron chi connectivity index (χ2n) is 4.98. The molecule has 1 amide bonds. The van der Waals surface area contributed by atoms with Gasteiger partial charge in [-0.2, -0.15) is 4.31 Å². The molecule has 7 heteroatoms. The maximum Gasteiger partial charge on any atom is 0.409 e. The van der Waals surface area contributed by atoms with E-state index in [1.54, 1.807) is 25.1 Å². The van der Waals surface area contributed by atoms with Crippen molar-refractivity contribution >= 4 is 16.1 Å². The van der Waals surface area contributed by atoms with Crippen molar-refractivity contribution in [2.45, 2.75) is 18.2 Å². The van der Waals surface area contributed by atoms with E-state index in [9.17, 15) is 13.2 Å². The fraction of sp³-hybridized carbons (Fsp3) is 0.500. The molecular formula is C14H20N2O4S. The number of carbonyl (C=O) groups excluding carboxylic acids is 1. The number of aryl methyl sites for hydroxylation is 1. The Kier molecular flexibility index (Phi) is 4.84. The van der Waals surface area contributed by atoms with Crippen molar-refractivity contribution in [3.8, 4) is 0 Å². The van der Waals surface area contributed by atoms with Crippen molar-refractivity contribution in [1.29, 1.82) is 0 Å². The highest BCUT2D eigenvalue weighted by Gasteiger charge is 2.29. The Bertz CT molecular complexity index is 615. The van der Waals surface area contributed by atoms with Gasteiger partial charge in [-0.3, -0.25) is 0 Å². The largest absolute Gasteiger partial charge is 0.453 e. The number of methoxy groups -OCH3 is 1. The Balaban J connectivity index is 2.19. The summed E-state index contributed by atoms with van der Waals surface area (Å²) in [4.78, 5) is 13.4. The molecule has 1 aliphatic heterocycles. The Hall–Kier alpha value is -1.60. The summed E-state index contributed by atoms with van der Waals surface area (Å²) in [6, 6.07) is 6.94. The third-order valence-electron chi connectivity index (χ3n) is 3.60. The molecule has 0 aromatic heterocycles. The first-order valence-corrected chi connectivity index (χ1v) is 8.29. The number of ether oxygens (including phenoxy) is 1. The van der Waals surface area contributed by atoms with Crippen molar-refractivity contribution < 1.29 is 17.9 Å². The molecule has 0 aliphatic carbocycles. The number of rotatable bonds is 2. The van der Waals surface area contributed by atoms with Gasteiger partial charge in [-0.15, -0.1) is 0 Å². The third-order valence-corrected chi connectivity index (χ3v) is 5.66. The van der Waals surface area contributed by atoms with E-state index in [0.717, 1.165) is 5.56 Å². The number of hydrogen-bond acceptors (Lipinski definition) is 4. The highest BCUT2D eigenvalue weighted by atomic mass is 32.2. The monoisotopic (exact) mass is 312 g/mol. The van der Waals surface area contributed by atoms with Gasteiger partial charge in [-0.1, -0.05) is 18.2 Å². The fourth-order valence-electron chi connectivity index (χ4n) is 2.43. The van der Waals surface area contributed by atoms with Gasteiger partial charge in [-0.25, -0.2) is 13.2 Å². The summed E-state index contributed by atoms with van der Waals surface area (Å²) < 4.78 is 31.5. The number of nitrogens with zero attached hydrogens (tertiary/aromatic N) is 2. The van der Waals surface area contributed by atoms with Crippen LogP contribution in [0, 0.1) is 6.92 Å². The third kappa shape index (κ3) is 3.36. The normalized spacial score (nSPS) is 17.3. The van der Waals surface area contributed by atoms with Crippen LogP contribution >= 0.6 is 0 Å². The lowest BCUT2D eigenvalue weighted by Gasteiger charge is -2.21. The second-order valence-corrected chi connectivity index (χ2v) is 6.89. The minimum absolute atomic E-state index is 0.283. The zero-order chi connectivity index (χ0) is 15.5. The first-order chi connectivity index (χ1) is 9.96. The molecule has 6 nitrogen and oxygen atoms in total. The molecular weight excluding hydrogens is 292 g/mol. The van der Waals surface area contributed by atoms with Crippen LogP contribution in [0.1, 0.15) is 12.0 Å². The predicted molar refractivity (Wildman–Crippen MR) is 78.5 cm³/mol. The molecule has 1 aliphatic rings. The van der Waals surface area contributed by atoms with Crippen LogP contribution in [0.2, 0.25) is 0 Å². The first kappa shape index (κ1) is 15.8. The molecule has 21 heavy (non-hydrogen) atoms. The Morgan fingerprint density at radius 2 is 1.86 bits per heavy atom. The second kappa shape index (κ2) is 6.44. The summed E-state index contributed by atoms with van der Waals surface area (Å²) >= 11 is 0. The Morgan fingerprint density at radius 3 is 2.52 bits per heavy atom. The van der Waals surface area contributed by atoms with Crippen LogP contribution in [0.25, 0.3) is 0 Å². The maximum atomic E-state index is 12.7. The predicted octanol–water partition coefficient (Wildman–Crippen LogP) is 1.46. The van der Waals surface area contributed by atoms with Crippen LogP contribution in [-0.4, -0.2) is 57.0 Å². The summed E-state index contributed by atoms with van der Waals surface area (Å²) in [6.07, 6.45) is 0.186. The lowest BCUT2D eigenvalue weighted by Crippen LogP contribution is -2.37. The molecule has 0 atom stereocenters. The van der Waals surface area contributed by atoms with E-state index in [0.29, 0.717) is 31.0 Å². The molecule has 0 unspecified atom stereocenters. The molecule has 0 saturated carbocycles. The van der Waals surface area contributed by atoms with Crippen LogP contribution in [0.4, 0.5) is 4.79 Å². The number of sulfonamides is 1. The van der Waals surface area contributed by atoms with Crippen molar-refractivity contribution in [2.24, 2.45) is 0 Å². The molecule has 2 rings (SSSR count). The van der Waals surface area contributed by atoms with Gasteiger partial charge in [0, 0.05) is 26.2 Å². The SMILES string of the molecule is COC(=O)N1CCCN(S(=O)(=O)c2ccccc2C)CC1.